The Morgan fingerprint density at radius 2 is 1.92 bits per heavy atom. The molecule has 1 heterocycles. The number of halogens is 1. The molecule has 1 fully saturated rings. The third-order valence-corrected chi connectivity index (χ3v) is 5.70. The Labute approximate surface area is 148 Å². The number of nitrogens with one attached hydrogen (secondary N) is 1. The van der Waals surface area contributed by atoms with Crippen LogP contribution in [0.2, 0.25) is 0 Å². The van der Waals surface area contributed by atoms with Gasteiger partial charge in [0.25, 0.3) is 0 Å². The van der Waals surface area contributed by atoms with Crippen molar-refractivity contribution in [3.8, 4) is 0 Å². The van der Waals surface area contributed by atoms with Crippen LogP contribution in [0.5, 0.6) is 0 Å². The van der Waals surface area contributed by atoms with Gasteiger partial charge in [-0.05, 0) is 30.2 Å². The van der Waals surface area contributed by atoms with Gasteiger partial charge in [-0.25, -0.2) is 0 Å². The summed E-state index contributed by atoms with van der Waals surface area (Å²) in [5, 5.41) is 2.93. The van der Waals surface area contributed by atoms with Gasteiger partial charge in [-0.1, -0.05) is 52.3 Å². The largest absolute Gasteiger partial charge is 0.466 e. The van der Waals surface area contributed by atoms with E-state index in [1.165, 1.54) is 0 Å². The molecule has 24 heavy (non-hydrogen) atoms. The van der Waals surface area contributed by atoms with Crippen molar-refractivity contribution in [3.05, 3.63) is 64.1 Å². The van der Waals surface area contributed by atoms with Crippen LogP contribution in [0.4, 0.5) is 5.69 Å². The molecule has 0 unspecified atom stereocenters. The average molecular weight is 386 g/mol. The zero-order valence-corrected chi connectivity index (χ0v) is 14.7. The second-order valence-electron chi connectivity index (χ2n) is 6.10. The van der Waals surface area contributed by atoms with E-state index >= 15 is 0 Å². The molecule has 0 saturated heterocycles. The Hall–Kier alpha value is -2.14. The Kier molecular flexibility index (Phi) is 3.49. The van der Waals surface area contributed by atoms with Gasteiger partial charge in [0.1, 0.15) is 0 Å². The lowest BCUT2D eigenvalue weighted by Crippen LogP contribution is -2.25. The fraction of sp³-hybridized carbons (Fsp3) is 0.263. The number of hydrogen-bond donors (Lipinski definition) is 1. The highest BCUT2D eigenvalue weighted by Gasteiger charge is 2.77. The molecule has 0 bridgehead atoms. The lowest BCUT2D eigenvalue weighted by Gasteiger charge is -2.10. The van der Waals surface area contributed by atoms with E-state index < -0.39 is 11.3 Å². The first-order valence-corrected chi connectivity index (χ1v) is 8.73. The fourth-order valence-corrected chi connectivity index (χ4v) is 4.54. The van der Waals surface area contributed by atoms with Gasteiger partial charge in [-0.15, -0.1) is 0 Å². The molecule has 1 aliphatic carbocycles. The predicted molar refractivity (Wildman–Crippen MR) is 93.8 cm³/mol. The van der Waals surface area contributed by atoms with Crippen LogP contribution in [-0.4, -0.2) is 18.5 Å². The van der Waals surface area contributed by atoms with E-state index in [-0.39, 0.29) is 17.8 Å². The summed E-state index contributed by atoms with van der Waals surface area (Å²) in [6, 6.07) is 15.3. The molecule has 3 atom stereocenters. The monoisotopic (exact) mass is 385 g/mol. The van der Waals surface area contributed by atoms with Gasteiger partial charge < -0.3 is 10.1 Å². The third-order valence-electron chi connectivity index (χ3n) is 4.98. The molecule has 0 radical (unpaired) electrons. The maximum Gasteiger partial charge on any atom is 0.311 e. The van der Waals surface area contributed by atoms with E-state index in [0.717, 1.165) is 21.3 Å². The number of esters is 1. The van der Waals surface area contributed by atoms with Crippen LogP contribution in [0.1, 0.15) is 24.0 Å². The highest BCUT2D eigenvalue weighted by Crippen LogP contribution is 2.70. The summed E-state index contributed by atoms with van der Waals surface area (Å²) in [7, 11) is 0. The van der Waals surface area contributed by atoms with Crippen LogP contribution in [0, 0.1) is 5.92 Å². The van der Waals surface area contributed by atoms with Gasteiger partial charge in [0.05, 0.1) is 17.9 Å². The molecular weight excluding hydrogens is 370 g/mol. The Morgan fingerprint density at radius 1 is 1.21 bits per heavy atom. The minimum Gasteiger partial charge on any atom is -0.466 e. The number of hydrogen-bond acceptors (Lipinski definition) is 3. The van der Waals surface area contributed by atoms with E-state index in [2.05, 4.69) is 21.2 Å². The van der Waals surface area contributed by atoms with Crippen molar-refractivity contribution in [2.24, 2.45) is 5.92 Å². The highest BCUT2D eigenvalue weighted by atomic mass is 79.9. The summed E-state index contributed by atoms with van der Waals surface area (Å²) in [6.45, 7) is 2.08. The quantitative estimate of drug-likeness (QED) is 0.820. The van der Waals surface area contributed by atoms with Crippen LogP contribution in [-0.2, 0) is 19.7 Å². The standard InChI is InChI=1S/C19H16BrNO3/c1-2-24-17(22)16-15(11-7-3-5-9-13(11)20)19(16)12-8-4-6-10-14(12)21-18(19)23/h3-10,15-16H,2H2,1H3,(H,21,23)/t15-,16+,19-/m0/s1. The van der Waals surface area contributed by atoms with E-state index in [0.29, 0.717) is 6.61 Å². The zero-order valence-electron chi connectivity index (χ0n) is 13.1. The number of carbonyl (C=O) groups excluding carboxylic acids is 2. The van der Waals surface area contributed by atoms with Crippen molar-refractivity contribution in [1.29, 1.82) is 0 Å². The second-order valence-corrected chi connectivity index (χ2v) is 6.95. The number of fused-ring (bicyclic) bond motifs is 2. The maximum atomic E-state index is 12.9. The molecule has 1 spiro atoms. The SMILES string of the molecule is CCOC(=O)[C@H]1[C@H](c2ccccc2Br)[C@]12C(=O)Nc1ccccc12. The van der Waals surface area contributed by atoms with Gasteiger partial charge in [0, 0.05) is 16.1 Å². The highest BCUT2D eigenvalue weighted by molar-refractivity contribution is 9.10. The summed E-state index contributed by atoms with van der Waals surface area (Å²) < 4.78 is 6.17. The van der Waals surface area contributed by atoms with Crippen LogP contribution in [0.3, 0.4) is 0 Å². The van der Waals surface area contributed by atoms with Gasteiger partial charge in [-0.3, -0.25) is 9.59 Å². The number of benzene rings is 2. The number of rotatable bonds is 3. The number of amides is 1. The van der Waals surface area contributed by atoms with E-state index in [1.807, 2.05) is 48.5 Å². The van der Waals surface area contributed by atoms with Gasteiger partial charge >= 0.3 is 5.97 Å². The number of para-hydroxylation sites is 1. The molecule has 0 aromatic heterocycles. The lowest BCUT2D eigenvalue weighted by molar-refractivity contribution is -0.146. The zero-order chi connectivity index (χ0) is 16.9. The molecule has 4 rings (SSSR count). The predicted octanol–water partition coefficient (Wildman–Crippen LogP) is 3.62. The number of carbonyl (C=O) groups is 2. The van der Waals surface area contributed by atoms with E-state index in [4.69, 9.17) is 4.74 Å². The molecule has 122 valence electrons. The topological polar surface area (TPSA) is 55.4 Å². The van der Waals surface area contributed by atoms with Crippen LogP contribution < -0.4 is 5.32 Å². The van der Waals surface area contributed by atoms with Crippen molar-refractivity contribution in [1.82, 2.24) is 0 Å². The summed E-state index contributed by atoms with van der Waals surface area (Å²) in [5.41, 5.74) is 1.76. The molecule has 5 heteroatoms. The molecule has 1 aliphatic heterocycles. The molecule has 2 aromatic carbocycles. The molecule has 2 aromatic rings. The Balaban J connectivity index is 1.88. The maximum absolute atomic E-state index is 12.9. The Morgan fingerprint density at radius 3 is 2.67 bits per heavy atom. The van der Waals surface area contributed by atoms with Crippen LogP contribution in [0.25, 0.3) is 0 Å². The van der Waals surface area contributed by atoms with Crippen LogP contribution in [0.15, 0.2) is 53.0 Å². The lowest BCUT2D eigenvalue weighted by atomic mass is 9.91. The summed E-state index contributed by atoms with van der Waals surface area (Å²) in [4.78, 5) is 25.5. The van der Waals surface area contributed by atoms with Crippen molar-refractivity contribution in [3.63, 3.8) is 0 Å². The first-order valence-electron chi connectivity index (χ1n) is 7.94. The first kappa shape index (κ1) is 15.4. The summed E-state index contributed by atoms with van der Waals surface area (Å²) in [6.07, 6.45) is 0. The van der Waals surface area contributed by atoms with Crippen molar-refractivity contribution in [2.75, 3.05) is 11.9 Å². The van der Waals surface area contributed by atoms with E-state index in [1.54, 1.807) is 6.92 Å². The molecule has 1 saturated carbocycles. The fourth-order valence-electron chi connectivity index (χ4n) is 4.01. The normalized spacial score (nSPS) is 26.8. The van der Waals surface area contributed by atoms with Crippen molar-refractivity contribution < 1.29 is 14.3 Å². The first-order chi connectivity index (χ1) is 11.6. The summed E-state index contributed by atoms with van der Waals surface area (Å²) in [5.74, 6) is -1.16. The van der Waals surface area contributed by atoms with Gasteiger partial charge in [0.2, 0.25) is 5.91 Å². The van der Waals surface area contributed by atoms with Gasteiger partial charge in [-0.2, -0.15) is 0 Å². The molecule has 2 aliphatic rings. The minimum absolute atomic E-state index is 0.123. The molecule has 1 N–H and O–H groups in total. The van der Waals surface area contributed by atoms with Crippen molar-refractivity contribution in [2.45, 2.75) is 18.3 Å². The van der Waals surface area contributed by atoms with E-state index in [9.17, 15) is 9.59 Å². The molecule has 1 amide bonds. The number of anilines is 1. The van der Waals surface area contributed by atoms with Gasteiger partial charge in [0.15, 0.2) is 0 Å². The third kappa shape index (κ3) is 1.91. The average Bonchev–Trinajstić information content (AvgIpc) is 3.18. The van der Waals surface area contributed by atoms with Crippen molar-refractivity contribution >= 4 is 33.5 Å². The second kappa shape index (κ2) is 5.45. The van der Waals surface area contributed by atoms with Crippen LogP contribution >= 0.6 is 15.9 Å². The Bertz CT molecular complexity index is 850. The molecule has 4 nitrogen and oxygen atoms in total. The minimum atomic E-state index is -0.868. The smallest absolute Gasteiger partial charge is 0.311 e. The summed E-state index contributed by atoms with van der Waals surface area (Å²) >= 11 is 3.56. The molecular formula is C19H16BrNO3. The number of ether oxygens (including phenoxy) is 1.